The van der Waals surface area contributed by atoms with E-state index >= 15 is 0 Å². The Morgan fingerprint density at radius 2 is 0.769 bits per heavy atom. The zero-order valence-electron chi connectivity index (χ0n) is 16.5. The molecule has 154 valence electrons. The molecule has 0 aliphatic rings. The minimum Gasteiger partial charge on any atom is -0.481 e. The first kappa shape index (κ1) is 24.9. The second-order valence-corrected chi connectivity index (χ2v) is 7.47. The van der Waals surface area contributed by atoms with E-state index in [0.717, 1.165) is 77.0 Å². The normalized spacial score (nSPS) is 11.2. The predicted molar refractivity (Wildman–Crippen MR) is 104 cm³/mol. The van der Waals surface area contributed by atoms with Crippen LogP contribution in [-0.4, -0.2) is 33.4 Å². The smallest absolute Gasteiger partial charge is 0.303 e. The molecule has 0 fully saturated rings. The summed E-state index contributed by atoms with van der Waals surface area (Å²) in [5, 5.41) is 27.1. The lowest BCUT2D eigenvalue weighted by molar-refractivity contribution is -0.138. The number of carboxylic acid groups (broad SMARTS) is 2. The first-order valence-corrected chi connectivity index (χ1v) is 10.6. The van der Waals surface area contributed by atoms with Gasteiger partial charge >= 0.3 is 11.9 Å². The van der Waals surface area contributed by atoms with Crippen molar-refractivity contribution in [1.29, 1.82) is 0 Å². The van der Waals surface area contributed by atoms with Crippen molar-refractivity contribution in [3.05, 3.63) is 0 Å². The van der Waals surface area contributed by atoms with Crippen LogP contribution in [0.3, 0.4) is 0 Å². The van der Waals surface area contributed by atoms with Crippen molar-refractivity contribution in [2.75, 3.05) is 0 Å². The Bertz CT molecular complexity index is 311. The Labute approximate surface area is 159 Å². The Morgan fingerprint density at radius 3 is 1.08 bits per heavy atom. The van der Waals surface area contributed by atoms with Crippen molar-refractivity contribution in [1.82, 2.24) is 0 Å². The number of aliphatic carboxylic acids is 2. The van der Waals surface area contributed by atoms with Crippen LogP contribution in [0.5, 0.6) is 0 Å². The molecule has 5 heteroatoms. The van der Waals surface area contributed by atoms with Gasteiger partial charge in [0.1, 0.15) is 0 Å². The molecule has 0 heterocycles. The molecule has 0 rings (SSSR count). The summed E-state index contributed by atoms with van der Waals surface area (Å²) in [4.78, 5) is 20.8. The van der Waals surface area contributed by atoms with Gasteiger partial charge in [-0.1, -0.05) is 77.0 Å². The zero-order chi connectivity index (χ0) is 19.5. The van der Waals surface area contributed by atoms with Gasteiger partial charge in [-0.3, -0.25) is 9.59 Å². The number of unbranched alkanes of at least 4 members (excludes halogenated alkanes) is 12. The first-order valence-electron chi connectivity index (χ1n) is 10.6. The van der Waals surface area contributed by atoms with Gasteiger partial charge in [0.2, 0.25) is 0 Å². The molecule has 0 amide bonds. The van der Waals surface area contributed by atoms with Crippen LogP contribution in [0, 0.1) is 0 Å². The van der Waals surface area contributed by atoms with E-state index in [-0.39, 0.29) is 18.9 Å². The highest BCUT2D eigenvalue weighted by Gasteiger charge is 2.04. The number of aliphatic hydroxyl groups is 1. The molecule has 0 aliphatic carbocycles. The van der Waals surface area contributed by atoms with Gasteiger partial charge in [-0.25, -0.2) is 0 Å². The SMILES string of the molecule is O=C(O)CCCCCCCCCC(O)CCCCCCCCCC(=O)O. The maximum absolute atomic E-state index is 10.4. The Kier molecular flexibility index (Phi) is 17.9. The van der Waals surface area contributed by atoms with Gasteiger partial charge in [-0.15, -0.1) is 0 Å². The molecule has 0 aromatic carbocycles. The lowest BCUT2D eigenvalue weighted by Gasteiger charge is -2.10. The molecule has 0 saturated carbocycles. The van der Waals surface area contributed by atoms with Crippen LogP contribution in [0.4, 0.5) is 0 Å². The summed E-state index contributed by atoms with van der Waals surface area (Å²) < 4.78 is 0. The van der Waals surface area contributed by atoms with Crippen LogP contribution in [-0.2, 0) is 9.59 Å². The molecule has 0 aromatic heterocycles. The summed E-state index contributed by atoms with van der Waals surface area (Å²) in [5.74, 6) is -1.40. The number of rotatable bonds is 20. The molecule has 0 radical (unpaired) electrons. The number of carboxylic acids is 2. The monoisotopic (exact) mass is 372 g/mol. The van der Waals surface area contributed by atoms with E-state index in [1.54, 1.807) is 0 Å². The molecule has 0 unspecified atom stereocenters. The van der Waals surface area contributed by atoms with E-state index in [0.29, 0.717) is 0 Å². The maximum atomic E-state index is 10.4. The highest BCUT2D eigenvalue weighted by Crippen LogP contribution is 2.15. The van der Waals surface area contributed by atoms with Gasteiger partial charge in [0.25, 0.3) is 0 Å². The molecular formula is C21H40O5. The third kappa shape index (κ3) is 20.9. The number of carbonyl (C=O) groups is 2. The number of hydrogen-bond donors (Lipinski definition) is 3. The average Bonchev–Trinajstić information content (AvgIpc) is 2.58. The van der Waals surface area contributed by atoms with E-state index in [9.17, 15) is 14.7 Å². The van der Waals surface area contributed by atoms with Crippen LogP contribution in [0.2, 0.25) is 0 Å². The van der Waals surface area contributed by atoms with Crippen LogP contribution in [0.15, 0.2) is 0 Å². The number of aliphatic hydroxyl groups excluding tert-OH is 1. The molecule has 0 aromatic rings. The zero-order valence-corrected chi connectivity index (χ0v) is 16.5. The maximum Gasteiger partial charge on any atom is 0.303 e. The van der Waals surface area contributed by atoms with Gasteiger partial charge in [-0.2, -0.15) is 0 Å². The van der Waals surface area contributed by atoms with Crippen molar-refractivity contribution in [3.8, 4) is 0 Å². The van der Waals surface area contributed by atoms with Crippen molar-refractivity contribution < 1.29 is 24.9 Å². The van der Waals surface area contributed by atoms with Crippen LogP contribution >= 0.6 is 0 Å². The van der Waals surface area contributed by atoms with E-state index in [1.807, 2.05) is 0 Å². The van der Waals surface area contributed by atoms with Crippen molar-refractivity contribution in [3.63, 3.8) is 0 Å². The first-order chi connectivity index (χ1) is 12.5. The molecule has 0 atom stereocenters. The molecule has 0 aliphatic heterocycles. The quantitative estimate of drug-likeness (QED) is 0.244. The third-order valence-electron chi connectivity index (χ3n) is 4.86. The standard InChI is InChI=1S/C21H40O5/c22-19(15-11-7-3-1-5-9-13-17-20(23)24)16-12-8-4-2-6-10-14-18-21(25)26/h19,22H,1-18H2,(H,23,24)(H,25,26). The van der Waals surface area contributed by atoms with E-state index in [4.69, 9.17) is 10.2 Å². The number of hydrogen-bond acceptors (Lipinski definition) is 3. The van der Waals surface area contributed by atoms with E-state index < -0.39 is 11.9 Å². The highest BCUT2D eigenvalue weighted by atomic mass is 16.4. The van der Waals surface area contributed by atoms with E-state index in [2.05, 4.69) is 0 Å². The van der Waals surface area contributed by atoms with Gasteiger partial charge in [0.15, 0.2) is 0 Å². The second-order valence-electron chi connectivity index (χ2n) is 7.47. The lowest BCUT2D eigenvalue weighted by atomic mass is 10.0. The fraction of sp³-hybridized carbons (Fsp3) is 0.905. The largest absolute Gasteiger partial charge is 0.481 e. The van der Waals surface area contributed by atoms with Crippen LogP contribution < -0.4 is 0 Å². The van der Waals surface area contributed by atoms with E-state index in [1.165, 1.54) is 25.7 Å². The van der Waals surface area contributed by atoms with Crippen molar-refractivity contribution in [2.45, 2.75) is 122 Å². The molecule has 0 spiro atoms. The summed E-state index contributed by atoms with van der Waals surface area (Å²) in [6, 6.07) is 0. The predicted octanol–water partition coefficient (Wildman–Crippen LogP) is 5.54. The molecule has 3 N–H and O–H groups in total. The van der Waals surface area contributed by atoms with Gasteiger partial charge < -0.3 is 15.3 Å². The van der Waals surface area contributed by atoms with Crippen LogP contribution in [0.25, 0.3) is 0 Å². The molecule has 5 nitrogen and oxygen atoms in total. The summed E-state index contributed by atoms with van der Waals surface area (Å²) in [7, 11) is 0. The molecular weight excluding hydrogens is 332 g/mol. The second kappa shape index (κ2) is 18.7. The van der Waals surface area contributed by atoms with Gasteiger partial charge in [-0.05, 0) is 25.7 Å². The lowest BCUT2D eigenvalue weighted by Crippen LogP contribution is -2.05. The van der Waals surface area contributed by atoms with Gasteiger partial charge in [0, 0.05) is 12.8 Å². The summed E-state index contributed by atoms with van der Waals surface area (Å²) in [6.45, 7) is 0. The molecule has 26 heavy (non-hydrogen) atoms. The summed E-state index contributed by atoms with van der Waals surface area (Å²) in [6.07, 6.45) is 17.2. The average molecular weight is 373 g/mol. The minimum absolute atomic E-state index is 0.166. The molecule has 0 bridgehead atoms. The minimum atomic E-state index is -0.699. The summed E-state index contributed by atoms with van der Waals surface area (Å²) in [5.41, 5.74) is 0. The highest BCUT2D eigenvalue weighted by molar-refractivity contribution is 5.66. The van der Waals surface area contributed by atoms with Gasteiger partial charge in [0.05, 0.1) is 6.10 Å². The topological polar surface area (TPSA) is 94.8 Å². The van der Waals surface area contributed by atoms with Crippen LogP contribution in [0.1, 0.15) is 116 Å². The van der Waals surface area contributed by atoms with Crippen molar-refractivity contribution >= 4 is 11.9 Å². The summed E-state index contributed by atoms with van der Waals surface area (Å²) >= 11 is 0. The fourth-order valence-electron chi connectivity index (χ4n) is 3.22. The Hall–Kier alpha value is -1.10. The Morgan fingerprint density at radius 1 is 0.500 bits per heavy atom. The third-order valence-corrected chi connectivity index (χ3v) is 4.86. The molecule has 0 saturated heterocycles. The van der Waals surface area contributed by atoms with Crippen molar-refractivity contribution in [2.24, 2.45) is 0 Å². The Balaban J connectivity index is 3.19. The fourth-order valence-corrected chi connectivity index (χ4v) is 3.22.